The molecule has 8 heteroatoms. The van der Waals surface area contributed by atoms with Gasteiger partial charge < -0.3 is 5.84 Å². The van der Waals surface area contributed by atoms with Crippen molar-refractivity contribution in [2.24, 2.45) is 0 Å². The highest BCUT2D eigenvalue weighted by molar-refractivity contribution is 7.99. The molecule has 0 atom stereocenters. The Morgan fingerprint density at radius 2 is 2.29 bits per heavy atom. The molecule has 0 aliphatic carbocycles. The standard InChI is InChI=1S/C9H13N5O2S/c1-6-11-12-9(14(6)10)17-5-8(16)13-4-2-3-7(13)15/h2-5,10H2,1H3. The number of likely N-dealkylation sites (tertiary alicyclic amines) is 1. The molecule has 2 heterocycles. The van der Waals surface area contributed by atoms with Crippen LogP contribution in [0.15, 0.2) is 5.16 Å². The highest BCUT2D eigenvalue weighted by Crippen LogP contribution is 2.17. The molecule has 1 aromatic heterocycles. The fourth-order valence-electron chi connectivity index (χ4n) is 1.56. The van der Waals surface area contributed by atoms with Gasteiger partial charge in [0.2, 0.25) is 17.0 Å². The quantitative estimate of drug-likeness (QED) is 0.580. The van der Waals surface area contributed by atoms with Gasteiger partial charge in [-0.1, -0.05) is 11.8 Å². The molecular formula is C9H13N5O2S. The number of aromatic nitrogens is 3. The highest BCUT2D eigenvalue weighted by atomic mass is 32.2. The maximum Gasteiger partial charge on any atom is 0.239 e. The number of nitrogens with two attached hydrogens (primary N) is 1. The number of amides is 2. The number of carbonyl (C=O) groups excluding carboxylic acids is 2. The summed E-state index contributed by atoms with van der Waals surface area (Å²) >= 11 is 1.19. The Balaban J connectivity index is 1.92. The van der Waals surface area contributed by atoms with Crippen LogP contribution in [-0.2, 0) is 9.59 Å². The van der Waals surface area contributed by atoms with Crippen LogP contribution in [0, 0.1) is 6.92 Å². The molecule has 7 nitrogen and oxygen atoms in total. The summed E-state index contributed by atoms with van der Waals surface area (Å²) in [6.45, 7) is 2.25. The van der Waals surface area contributed by atoms with Gasteiger partial charge in [0.1, 0.15) is 5.82 Å². The van der Waals surface area contributed by atoms with Gasteiger partial charge in [0.15, 0.2) is 0 Å². The number of imide groups is 1. The van der Waals surface area contributed by atoms with Crippen LogP contribution in [0.2, 0.25) is 0 Å². The average Bonchev–Trinajstić information content (AvgIpc) is 2.85. The van der Waals surface area contributed by atoms with Crippen LogP contribution in [0.4, 0.5) is 0 Å². The van der Waals surface area contributed by atoms with Crippen molar-refractivity contribution < 1.29 is 9.59 Å². The normalized spacial score (nSPS) is 15.6. The van der Waals surface area contributed by atoms with E-state index in [1.165, 1.54) is 21.3 Å². The zero-order valence-electron chi connectivity index (χ0n) is 9.42. The van der Waals surface area contributed by atoms with E-state index in [9.17, 15) is 9.59 Å². The van der Waals surface area contributed by atoms with Crippen LogP contribution in [-0.4, -0.2) is 43.9 Å². The molecule has 1 aromatic rings. The van der Waals surface area contributed by atoms with Crippen molar-refractivity contribution in [2.75, 3.05) is 18.1 Å². The van der Waals surface area contributed by atoms with Crippen LogP contribution in [0.1, 0.15) is 18.7 Å². The smallest absolute Gasteiger partial charge is 0.239 e. The van der Waals surface area contributed by atoms with E-state index in [2.05, 4.69) is 10.2 Å². The largest absolute Gasteiger partial charge is 0.336 e. The first-order valence-corrected chi connectivity index (χ1v) is 6.21. The van der Waals surface area contributed by atoms with E-state index < -0.39 is 0 Å². The Hall–Kier alpha value is -1.57. The minimum Gasteiger partial charge on any atom is -0.336 e. The lowest BCUT2D eigenvalue weighted by Gasteiger charge is -2.12. The Morgan fingerprint density at radius 1 is 1.53 bits per heavy atom. The average molecular weight is 255 g/mol. The van der Waals surface area contributed by atoms with Gasteiger partial charge in [-0.15, -0.1) is 10.2 Å². The third-order valence-corrected chi connectivity index (χ3v) is 3.46. The molecule has 0 saturated carbocycles. The van der Waals surface area contributed by atoms with Crippen molar-refractivity contribution in [1.29, 1.82) is 0 Å². The summed E-state index contributed by atoms with van der Waals surface area (Å²) in [4.78, 5) is 24.4. The molecular weight excluding hydrogens is 242 g/mol. The molecule has 0 radical (unpaired) electrons. The van der Waals surface area contributed by atoms with E-state index >= 15 is 0 Å². The molecule has 0 spiro atoms. The molecule has 17 heavy (non-hydrogen) atoms. The van der Waals surface area contributed by atoms with E-state index in [-0.39, 0.29) is 17.6 Å². The predicted molar refractivity (Wildman–Crippen MR) is 61.6 cm³/mol. The van der Waals surface area contributed by atoms with Crippen molar-refractivity contribution >= 4 is 23.6 Å². The second-order valence-electron chi connectivity index (χ2n) is 3.73. The predicted octanol–water partition coefficient (Wildman–Crippen LogP) is -0.459. The van der Waals surface area contributed by atoms with Gasteiger partial charge in [-0.05, 0) is 13.3 Å². The molecule has 92 valence electrons. The molecule has 2 rings (SSSR count). The summed E-state index contributed by atoms with van der Waals surface area (Å²) in [6, 6.07) is 0. The molecule has 1 aliphatic heterocycles. The fraction of sp³-hybridized carbons (Fsp3) is 0.556. The van der Waals surface area contributed by atoms with Crippen LogP contribution in [0.3, 0.4) is 0 Å². The van der Waals surface area contributed by atoms with Gasteiger partial charge in [-0.25, -0.2) is 4.68 Å². The lowest BCUT2D eigenvalue weighted by atomic mass is 10.4. The number of carbonyl (C=O) groups is 2. The maximum absolute atomic E-state index is 11.7. The van der Waals surface area contributed by atoms with Crippen LogP contribution in [0.25, 0.3) is 0 Å². The highest BCUT2D eigenvalue weighted by Gasteiger charge is 2.26. The van der Waals surface area contributed by atoms with E-state index in [0.717, 1.165) is 6.42 Å². The number of hydrogen-bond donors (Lipinski definition) is 1. The first-order valence-electron chi connectivity index (χ1n) is 5.22. The summed E-state index contributed by atoms with van der Waals surface area (Å²) < 4.78 is 1.32. The summed E-state index contributed by atoms with van der Waals surface area (Å²) in [5, 5.41) is 8.08. The summed E-state index contributed by atoms with van der Waals surface area (Å²) in [6.07, 6.45) is 1.21. The van der Waals surface area contributed by atoms with Crippen molar-refractivity contribution in [3.63, 3.8) is 0 Å². The molecule has 0 bridgehead atoms. The summed E-state index contributed by atoms with van der Waals surface area (Å²) in [5.41, 5.74) is 0. The third kappa shape index (κ3) is 2.41. The van der Waals surface area contributed by atoms with Crippen molar-refractivity contribution in [1.82, 2.24) is 19.8 Å². The van der Waals surface area contributed by atoms with E-state index in [1.807, 2.05) is 0 Å². The Kier molecular flexibility index (Phi) is 3.32. The third-order valence-electron chi connectivity index (χ3n) is 2.53. The zero-order valence-corrected chi connectivity index (χ0v) is 10.2. The molecule has 1 saturated heterocycles. The number of thioether (sulfide) groups is 1. The zero-order chi connectivity index (χ0) is 12.4. The number of aryl methyl sites for hydroxylation is 1. The van der Waals surface area contributed by atoms with Gasteiger partial charge in [0.05, 0.1) is 5.75 Å². The molecule has 1 aliphatic rings. The maximum atomic E-state index is 11.7. The monoisotopic (exact) mass is 255 g/mol. The van der Waals surface area contributed by atoms with Gasteiger partial charge in [-0.2, -0.15) is 0 Å². The lowest BCUT2D eigenvalue weighted by Crippen LogP contribution is -2.33. The molecule has 2 amide bonds. The summed E-state index contributed by atoms with van der Waals surface area (Å²) in [5.74, 6) is 6.09. The number of rotatable bonds is 3. The number of nitrogens with zero attached hydrogens (tertiary/aromatic N) is 4. The van der Waals surface area contributed by atoms with Crippen molar-refractivity contribution in [3.05, 3.63) is 5.82 Å². The molecule has 2 N–H and O–H groups in total. The summed E-state index contributed by atoms with van der Waals surface area (Å²) in [7, 11) is 0. The van der Waals surface area contributed by atoms with Crippen LogP contribution in [0.5, 0.6) is 0 Å². The van der Waals surface area contributed by atoms with Gasteiger partial charge >= 0.3 is 0 Å². The van der Waals surface area contributed by atoms with Crippen LogP contribution < -0.4 is 5.84 Å². The number of nitrogen functional groups attached to an aromatic ring is 1. The van der Waals surface area contributed by atoms with Crippen LogP contribution >= 0.6 is 11.8 Å². The second-order valence-corrected chi connectivity index (χ2v) is 4.67. The van der Waals surface area contributed by atoms with Gasteiger partial charge in [-0.3, -0.25) is 14.5 Å². The Morgan fingerprint density at radius 3 is 2.82 bits per heavy atom. The SMILES string of the molecule is Cc1nnc(SCC(=O)N2CCCC2=O)n1N. The topological polar surface area (TPSA) is 94.1 Å². The lowest BCUT2D eigenvalue weighted by molar-refractivity contribution is -0.140. The Labute approximate surface area is 102 Å². The van der Waals surface area contributed by atoms with E-state index in [4.69, 9.17) is 5.84 Å². The number of hydrogen-bond acceptors (Lipinski definition) is 6. The van der Waals surface area contributed by atoms with E-state index in [0.29, 0.717) is 23.9 Å². The first-order chi connectivity index (χ1) is 8.09. The van der Waals surface area contributed by atoms with Gasteiger partial charge in [0, 0.05) is 13.0 Å². The molecule has 0 aromatic carbocycles. The minimum atomic E-state index is -0.196. The van der Waals surface area contributed by atoms with E-state index in [1.54, 1.807) is 6.92 Å². The minimum absolute atomic E-state index is 0.0963. The molecule has 0 unspecified atom stereocenters. The van der Waals surface area contributed by atoms with Crippen molar-refractivity contribution in [2.45, 2.75) is 24.9 Å². The van der Waals surface area contributed by atoms with Crippen molar-refractivity contribution in [3.8, 4) is 0 Å². The van der Waals surface area contributed by atoms with Gasteiger partial charge in [0.25, 0.3) is 0 Å². The second kappa shape index (κ2) is 4.74. The fourth-order valence-corrected chi connectivity index (χ4v) is 2.34. The Bertz CT molecular complexity index is 458. The molecule has 1 fully saturated rings. The first kappa shape index (κ1) is 11.9.